The van der Waals surface area contributed by atoms with Crippen LogP contribution in [0.25, 0.3) is 0 Å². The van der Waals surface area contributed by atoms with Crippen molar-refractivity contribution in [2.75, 3.05) is 5.32 Å². The fourth-order valence-corrected chi connectivity index (χ4v) is 5.10. The fourth-order valence-electron chi connectivity index (χ4n) is 5.10. The van der Waals surface area contributed by atoms with Gasteiger partial charge in [-0.1, -0.05) is 60.7 Å². The van der Waals surface area contributed by atoms with E-state index in [0.717, 1.165) is 41.7 Å². The van der Waals surface area contributed by atoms with Gasteiger partial charge in [0.2, 0.25) is 5.91 Å². The SMILES string of the molecule is C=C1C[C@H]([C@H](O)c2ccccc2)N[C@@H]1Cc1ccc(NC(=O)[C@@H]2CCc3cccc(=O)n32)cc1. The van der Waals surface area contributed by atoms with Gasteiger partial charge in [-0.15, -0.1) is 0 Å². The van der Waals surface area contributed by atoms with Crippen molar-refractivity contribution >= 4 is 11.6 Å². The molecular formula is C28H29N3O3. The summed E-state index contributed by atoms with van der Waals surface area (Å²) < 4.78 is 1.60. The Bertz CT molecular complexity index is 1250. The lowest BCUT2D eigenvalue weighted by atomic mass is 9.98. The molecule has 0 aliphatic carbocycles. The largest absolute Gasteiger partial charge is 0.387 e. The number of aromatic nitrogens is 1. The van der Waals surface area contributed by atoms with Crippen LogP contribution in [0.3, 0.4) is 0 Å². The molecule has 0 unspecified atom stereocenters. The number of aliphatic hydroxyl groups is 1. The van der Waals surface area contributed by atoms with Gasteiger partial charge in [0, 0.05) is 29.5 Å². The predicted octanol–water partition coefficient (Wildman–Crippen LogP) is 3.54. The highest BCUT2D eigenvalue weighted by atomic mass is 16.3. The Labute approximate surface area is 199 Å². The highest BCUT2D eigenvalue weighted by Gasteiger charge is 2.32. The summed E-state index contributed by atoms with van der Waals surface area (Å²) in [6.07, 6.45) is 2.28. The molecule has 2 aliphatic heterocycles. The molecule has 5 rings (SSSR count). The van der Waals surface area contributed by atoms with E-state index in [1.54, 1.807) is 10.6 Å². The van der Waals surface area contributed by atoms with Crippen molar-refractivity contribution in [3.8, 4) is 0 Å². The third-order valence-electron chi connectivity index (χ3n) is 6.94. The molecule has 1 saturated heterocycles. The van der Waals surface area contributed by atoms with E-state index in [-0.39, 0.29) is 23.6 Å². The first-order chi connectivity index (χ1) is 16.5. The average Bonchev–Trinajstić information content (AvgIpc) is 3.45. The summed E-state index contributed by atoms with van der Waals surface area (Å²) in [6, 6.07) is 22.2. The number of benzene rings is 2. The Morgan fingerprint density at radius 2 is 1.85 bits per heavy atom. The van der Waals surface area contributed by atoms with Crippen molar-refractivity contribution in [3.63, 3.8) is 0 Å². The molecule has 174 valence electrons. The van der Waals surface area contributed by atoms with Gasteiger partial charge in [0.05, 0.1) is 6.10 Å². The number of nitrogens with one attached hydrogen (secondary N) is 2. The minimum Gasteiger partial charge on any atom is -0.387 e. The molecule has 3 aromatic rings. The number of carbonyl (C=O) groups excluding carboxylic acids is 1. The summed E-state index contributed by atoms with van der Waals surface area (Å²) in [6.45, 7) is 4.23. The Kier molecular flexibility index (Phi) is 6.18. The number of rotatable bonds is 6. The van der Waals surface area contributed by atoms with E-state index in [0.29, 0.717) is 12.1 Å². The third kappa shape index (κ3) is 4.47. The fraction of sp³-hybridized carbons (Fsp3) is 0.286. The number of fused-ring (bicyclic) bond motifs is 1. The van der Waals surface area contributed by atoms with Gasteiger partial charge in [0.25, 0.3) is 5.56 Å². The smallest absolute Gasteiger partial charge is 0.251 e. The zero-order valence-corrected chi connectivity index (χ0v) is 19.0. The Morgan fingerprint density at radius 3 is 2.62 bits per heavy atom. The number of nitrogens with zero attached hydrogens (tertiary/aromatic N) is 1. The second kappa shape index (κ2) is 9.41. The Morgan fingerprint density at radius 1 is 1.09 bits per heavy atom. The van der Waals surface area contributed by atoms with E-state index < -0.39 is 12.1 Å². The quantitative estimate of drug-likeness (QED) is 0.497. The third-order valence-corrected chi connectivity index (χ3v) is 6.94. The number of carbonyl (C=O) groups is 1. The van der Waals surface area contributed by atoms with Crippen molar-refractivity contribution in [1.29, 1.82) is 0 Å². The van der Waals surface area contributed by atoms with Gasteiger partial charge in [0.15, 0.2) is 0 Å². The molecule has 2 aromatic carbocycles. The number of pyridine rings is 1. The van der Waals surface area contributed by atoms with Crippen LogP contribution in [-0.2, 0) is 17.6 Å². The van der Waals surface area contributed by atoms with Gasteiger partial charge in [-0.25, -0.2) is 0 Å². The molecule has 1 aromatic heterocycles. The van der Waals surface area contributed by atoms with Crippen molar-refractivity contribution in [2.24, 2.45) is 0 Å². The predicted molar refractivity (Wildman–Crippen MR) is 133 cm³/mol. The lowest BCUT2D eigenvalue weighted by Gasteiger charge is -2.20. The monoisotopic (exact) mass is 455 g/mol. The zero-order chi connectivity index (χ0) is 23.7. The topological polar surface area (TPSA) is 83.4 Å². The van der Waals surface area contributed by atoms with Crippen LogP contribution in [-0.4, -0.2) is 27.7 Å². The van der Waals surface area contributed by atoms with Crippen LogP contribution < -0.4 is 16.2 Å². The Hall–Kier alpha value is -3.48. The van der Waals surface area contributed by atoms with E-state index in [2.05, 4.69) is 17.2 Å². The molecular weight excluding hydrogens is 426 g/mol. The van der Waals surface area contributed by atoms with E-state index in [9.17, 15) is 14.7 Å². The first-order valence-electron chi connectivity index (χ1n) is 11.8. The summed E-state index contributed by atoms with van der Waals surface area (Å²) in [5.41, 5.74) is 4.59. The molecule has 6 nitrogen and oxygen atoms in total. The molecule has 3 heterocycles. The van der Waals surface area contributed by atoms with Crippen LogP contribution >= 0.6 is 0 Å². The standard InChI is InChI=1S/C28H29N3O3/c1-18-16-24(27(33)20-6-3-2-4-7-20)30-23(18)17-19-10-12-21(13-11-19)29-28(34)25-15-14-22-8-5-9-26(32)31(22)25/h2-13,23-25,27,30,33H,1,14-17H2,(H,29,34)/t23-,24-,25+,27-/m1/s1. The molecule has 1 fully saturated rings. The van der Waals surface area contributed by atoms with E-state index >= 15 is 0 Å². The van der Waals surface area contributed by atoms with Gasteiger partial charge in [0.1, 0.15) is 6.04 Å². The minimum absolute atomic E-state index is 0.0591. The van der Waals surface area contributed by atoms with Gasteiger partial charge < -0.3 is 20.3 Å². The highest BCUT2D eigenvalue weighted by molar-refractivity contribution is 5.94. The Balaban J connectivity index is 1.20. The molecule has 34 heavy (non-hydrogen) atoms. The summed E-state index contributed by atoms with van der Waals surface area (Å²) >= 11 is 0. The van der Waals surface area contributed by atoms with E-state index in [1.165, 1.54) is 6.07 Å². The normalized spacial score (nSPS) is 22.4. The van der Waals surface area contributed by atoms with Gasteiger partial charge in [-0.3, -0.25) is 9.59 Å². The average molecular weight is 456 g/mol. The van der Waals surface area contributed by atoms with Crippen molar-refractivity contribution < 1.29 is 9.90 Å². The maximum Gasteiger partial charge on any atom is 0.251 e. The molecule has 3 N–H and O–H groups in total. The molecule has 0 spiro atoms. The number of hydrogen-bond acceptors (Lipinski definition) is 4. The lowest BCUT2D eigenvalue weighted by molar-refractivity contribution is -0.119. The first-order valence-corrected chi connectivity index (χ1v) is 11.8. The zero-order valence-electron chi connectivity index (χ0n) is 19.0. The van der Waals surface area contributed by atoms with Crippen molar-refractivity contribution in [3.05, 3.63) is 112 Å². The number of aryl methyl sites for hydroxylation is 1. The van der Waals surface area contributed by atoms with Crippen molar-refractivity contribution in [2.45, 2.75) is 49.9 Å². The second-order valence-corrected chi connectivity index (χ2v) is 9.21. The van der Waals surface area contributed by atoms with Crippen LogP contribution in [0.5, 0.6) is 0 Å². The van der Waals surface area contributed by atoms with E-state index in [4.69, 9.17) is 0 Å². The molecule has 1 amide bonds. The van der Waals surface area contributed by atoms with Gasteiger partial charge in [-0.2, -0.15) is 0 Å². The maximum absolute atomic E-state index is 12.8. The molecule has 6 heteroatoms. The summed E-state index contributed by atoms with van der Waals surface area (Å²) in [5, 5.41) is 17.2. The van der Waals surface area contributed by atoms with Crippen molar-refractivity contribution in [1.82, 2.24) is 9.88 Å². The van der Waals surface area contributed by atoms with Gasteiger partial charge >= 0.3 is 0 Å². The number of amides is 1. The molecule has 0 radical (unpaired) electrons. The lowest BCUT2D eigenvalue weighted by Crippen LogP contribution is -2.35. The summed E-state index contributed by atoms with van der Waals surface area (Å²) in [5.74, 6) is -0.164. The molecule has 4 atom stereocenters. The summed E-state index contributed by atoms with van der Waals surface area (Å²) in [7, 11) is 0. The molecule has 0 bridgehead atoms. The summed E-state index contributed by atoms with van der Waals surface area (Å²) in [4.78, 5) is 25.1. The highest BCUT2D eigenvalue weighted by Crippen LogP contribution is 2.30. The number of hydrogen-bond donors (Lipinski definition) is 3. The maximum atomic E-state index is 12.8. The van der Waals surface area contributed by atoms with Crippen LogP contribution in [0.15, 0.2) is 89.7 Å². The number of anilines is 1. The van der Waals surface area contributed by atoms with Crippen LogP contribution in [0, 0.1) is 0 Å². The van der Waals surface area contributed by atoms with E-state index in [1.807, 2.05) is 60.7 Å². The first kappa shape index (κ1) is 22.3. The minimum atomic E-state index is -0.575. The number of aliphatic hydroxyl groups excluding tert-OH is 1. The van der Waals surface area contributed by atoms with Crippen LogP contribution in [0.1, 0.15) is 41.8 Å². The van der Waals surface area contributed by atoms with Crippen LogP contribution in [0.2, 0.25) is 0 Å². The molecule has 2 aliphatic rings. The second-order valence-electron chi connectivity index (χ2n) is 9.21. The van der Waals surface area contributed by atoms with Gasteiger partial charge in [-0.05, 0) is 55.0 Å². The molecule has 0 saturated carbocycles. The van der Waals surface area contributed by atoms with Crippen LogP contribution in [0.4, 0.5) is 5.69 Å².